The summed E-state index contributed by atoms with van der Waals surface area (Å²) < 4.78 is 5.69. The van der Waals surface area contributed by atoms with Crippen LogP contribution >= 0.6 is 28.1 Å². The Morgan fingerprint density at radius 2 is 1.90 bits per heavy atom. The fraction of sp³-hybridized carbons (Fsp3) is 0.200. The number of esters is 1. The summed E-state index contributed by atoms with van der Waals surface area (Å²) in [4.78, 5) is 13.7. The monoisotopic (exact) mass is 351 g/mol. The highest BCUT2D eigenvalue weighted by molar-refractivity contribution is 9.10. The van der Waals surface area contributed by atoms with Gasteiger partial charge in [-0.05, 0) is 16.8 Å². The Kier molecular flexibility index (Phi) is 4.73. The number of methoxy groups -OCH3 is 1. The Morgan fingerprint density at radius 3 is 2.55 bits per heavy atom. The molecule has 0 amide bonds. The van der Waals surface area contributed by atoms with Gasteiger partial charge in [-0.1, -0.05) is 58.5 Å². The minimum absolute atomic E-state index is 0.139. The van der Waals surface area contributed by atoms with E-state index in [0.29, 0.717) is 4.99 Å². The Balaban J connectivity index is 2.40. The molecule has 0 aliphatic heterocycles. The van der Waals surface area contributed by atoms with E-state index in [9.17, 15) is 4.79 Å². The Bertz CT molecular complexity index is 672. The third-order valence-corrected chi connectivity index (χ3v) is 4.27. The Morgan fingerprint density at radius 1 is 1.25 bits per heavy atom. The minimum atomic E-state index is -0.309. The molecule has 0 fully saturated rings. The first-order chi connectivity index (χ1) is 9.54. The molecule has 2 rings (SSSR count). The van der Waals surface area contributed by atoms with E-state index in [4.69, 9.17) is 12.2 Å². The molecule has 0 radical (unpaired) electrons. The summed E-state index contributed by atoms with van der Waals surface area (Å²) in [6, 6.07) is 11.9. The number of halogens is 1. The van der Waals surface area contributed by atoms with E-state index in [2.05, 4.69) is 20.7 Å². The highest BCUT2D eigenvalue weighted by Gasteiger charge is 2.14. The molecule has 0 saturated heterocycles. The van der Waals surface area contributed by atoms with Crippen molar-refractivity contribution in [2.75, 3.05) is 20.7 Å². The van der Waals surface area contributed by atoms with Gasteiger partial charge in [0.15, 0.2) is 0 Å². The summed E-state index contributed by atoms with van der Waals surface area (Å²) in [5.41, 5.74) is 0.935. The maximum absolute atomic E-state index is 11.3. The van der Waals surface area contributed by atoms with E-state index in [0.717, 1.165) is 20.8 Å². The molecule has 0 unspecified atom stereocenters. The van der Waals surface area contributed by atoms with Crippen molar-refractivity contribution in [3.05, 3.63) is 46.4 Å². The molecule has 2 aromatic rings. The molecule has 2 aromatic carbocycles. The van der Waals surface area contributed by atoms with Crippen LogP contribution in [0, 0.1) is 0 Å². The molecule has 0 atom stereocenters. The fourth-order valence-corrected chi connectivity index (χ4v) is 2.70. The largest absolute Gasteiger partial charge is 0.468 e. The van der Waals surface area contributed by atoms with Crippen LogP contribution in [0.15, 0.2) is 40.9 Å². The van der Waals surface area contributed by atoms with E-state index in [1.54, 1.807) is 11.9 Å². The van der Waals surface area contributed by atoms with Gasteiger partial charge in [0.05, 0.1) is 7.11 Å². The van der Waals surface area contributed by atoms with Gasteiger partial charge in [0, 0.05) is 17.1 Å². The summed E-state index contributed by atoms with van der Waals surface area (Å²) in [5.74, 6) is -0.309. The number of fused-ring (bicyclic) bond motifs is 1. The van der Waals surface area contributed by atoms with Gasteiger partial charge in [-0.2, -0.15) is 0 Å². The van der Waals surface area contributed by atoms with Gasteiger partial charge in [-0.3, -0.25) is 4.79 Å². The first-order valence-electron chi connectivity index (χ1n) is 6.04. The first kappa shape index (κ1) is 14.9. The molecule has 0 aliphatic carbocycles. The third kappa shape index (κ3) is 2.99. The number of rotatable bonds is 3. The summed E-state index contributed by atoms with van der Waals surface area (Å²) in [5, 5.41) is 2.16. The highest BCUT2D eigenvalue weighted by atomic mass is 79.9. The number of likely N-dealkylation sites (N-methyl/N-ethyl adjacent to an activating group) is 1. The van der Waals surface area contributed by atoms with Crippen LogP contribution in [0.1, 0.15) is 5.56 Å². The molecule has 0 saturated carbocycles. The molecule has 20 heavy (non-hydrogen) atoms. The summed E-state index contributed by atoms with van der Waals surface area (Å²) in [6.45, 7) is 0.139. The predicted molar refractivity (Wildman–Crippen MR) is 88.0 cm³/mol. The Hall–Kier alpha value is -1.46. The number of hydrogen-bond acceptors (Lipinski definition) is 3. The van der Waals surface area contributed by atoms with Crippen molar-refractivity contribution in [3.8, 4) is 0 Å². The molecule has 0 aromatic heterocycles. The fourth-order valence-electron chi connectivity index (χ4n) is 1.98. The lowest BCUT2D eigenvalue weighted by Gasteiger charge is -2.20. The number of hydrogen-bond donors (Lipinski definition) is 0. The van der Waals surface area contributed by atoms with Crippen LogP contribution in [0.4, 0.5) is 0 Å². The predicted octanol–water partition coefficient (Wildman–Crippen LogP) is 3.38. The first-order valence-corrected chi connectivity index (χ1v) is 7.24. The second-order valence-corrected chi connectivity index (χ2v) is 5.62. The molecular weight excluding hydrogens is 338 g/mol. The average molecular weight is 352 g/mol. The van der Waals surface area contributed by atoms with E-state index < -0.39 is 0 Å². The zero-order chi connectivity index (χ0) is 14.7. The van der Waals surface area contributed by atoms with Gasteiger partial charge < -0.3 is 9.64 Å². The van der Waals surface area contributed by atoms with Crippen LogP contribution in [-0.4, -0.2) is 36.6 Å². The number of carbonyl (C=O) groups excluding carboxylic acids is 1. The lowest BCUT2D eigenvalue weighted by atomic mass is 10.0. The summed E-state index contributed by atoms with van der Waals surface area (Å²) in [7, 11) is 3.16. The number of ether oxygens (including phenoxy) is 1. The van der Waals surface area contributed by atoms with Crippen LogP contribution in [0.5, 0.6) is 0 Å². The van der Waals surface area contributed by atoms with E-state index >= 15 is 0 Å². The molecule has 0 aliphatic rings. The average Bonchev–Trinajstić information content (AvgIpc) is 2.47. The topological polar surface area (TPSA) is 29.5 Å². The molecule has 0 N–H and O–H groups in total. The normalized spacial score (nSPS) is 10.3. The second kappa shape index (κ2) is 6.33. The summed E-state index contributed by atoms with van der Waals surface area (Å²) >= 11 is 9.02. The molecule has 0 heterocycles. The van der Waals surface area contributed by atoms with Crippen LogP contribution in [-0.2, 0) is 9.53 Å². The van der Waals surface area contributed by atoms with Gasteiger partial charge in [0.1, 0.15) is 11.5 Å². The van der Waals surface area contributed by atoms with Crippen molar-refractivity contribution >= 4 is 49.9 Å². The molecule has 0 bridgehead atoms. The van der Waals surface area contributed by atoms with Crippen molar-refractivity contribution < 1.29 is 9.53 Å². The van der Waals surface area contributed by atoms with Crippen molar-refractivity contribution in [1.82, 2.24) is 4.90 Å². The minimum Gasteiger partial charge on any atom is -0.468 e. The quantitative estimate of drug-likeness (QED) is 0.626. The van der Waals surface area contributed by atoms with Crippen molar-refractivity contribution in [2.24, 2.45) is 0 Å². The van der Waals surface area contributed by atoms with Crippen LogP contribution in [0.25, 0.3) is 10.8 Å². The Labute approximate surface area is 131 Å². The van der Waals surface area contributed by atoms with E-state index in [1.807, 2.05) is 36.4 Å². The lowest BCUT2D eigenvalue weighted by Crippen LogP contribution is -2.32. The SMILES string of the molecule is COC(=O)CN(C)C(=S)c1ccc(Br)c2ccccc12. The number of benzene rings is 2. The van der Waals surface area contributed by atoms with Gasteiger partial charge in [0.2, 0.25) is 0 Å². The van der Waals surface area contributed by atoms with Gasteiger partial charge >= 0.3 is 5.97 Å². The molecular formula is C15H14BrNO2S. The van der Waals surface area contributed by atoms with Crippen LogP contribution in [0.3, 0.4) is 0 Å². The second-order valence-electron chi connectivity index (χ2n) is 4.38. The number of thiocarbonyl (C=S) groups is 1. The molecule has 5 heteroatoms. The van der Waals surface area contributed by atoms with Crippen LogP contribution < -0.4 is 0 Å². The highest BCUT2D eigenvalue weighted by Crippen LogP contribution is 2.27. The third-order valence-electron chi connectivity index (χ3n) is 3.04. The maximum Gasteiger partial charge on any atom is 0.325 e. The maximum atomic E-state index is 11.3. The zero-order valence-electron chi connectivity index (χ0n) is 11.2. The van der Waals surface area contributed by atoms with Gasteiger partial charge in [0.25, 0.3) is 0 Å². The van der Waals surface area contributed by atoms with Crippen molar-refractivity contribution in [2.45, 2.75) is 0 Å². The number of carbonyl (C=O) groups is 1. The molecule has 104 valence electrons. The van der Waals surface area contributed by atoms with Crippen LogP contribution in [0.2, 0.25) is 0 Å². The van der Waals surface area contributed by atoms with Gasteiger partial charge in [-0.15, -0.1) is 0 Å². The smallest absolute Gasteiger partial charge is 0.325 e. The van der Waals surface area contributed by atoms with Crippen molar-refractivity contribution in [3.63, 3.8) is 0 Å². The lowest BCUT2D eigenvalue weighted by molar-refractivity contribution is -0.140. The van der Waals surface area contributed by atoms with E-state index in [1.165, 1.54) is 7.11 Å². The number of nitrogens with zero attached hydrogens (tertiary/aromatic N) is 1. The molecule has 3 nitrogen and oxygen atoms in total. The van der Waals surface area contributed by atoms with Crippen molar-refractivity contribution in [1.29, 1.82) is 0 Å². The zero-order valence-corrected chi connectivity index (χ0v) is 13.6. The van der Waals surface area contributed by atoms with Gasteiger partial charge in [-0.25, -0.2) is 0 Å². The summed E-state index contributed by atoms with van der Waals surface area (Å²) in [6.07, 6.45) is 0. The standard InChI is InChI=1S/C15H14BrNO2S/c1-17(9-14(18)19-2)15(20)12-7-8-13(16)11-6-4-3-5-10(11)12/h3-8H,9H2,1-2H3. The van der Waals surface area contributed by atoms with E-state index in [-0.39, 0.29) is 12.5 Å². The molecule has 0 spiro atoms.